The molecule has 4 rings (SSSR count). The average molecular weight is 537 g/mol. The van der Waals surface area contributed by atoms with Crippen LogP contribution in [0.5, 0.6) is 0 Å². The van der Waals surface area contributed by atoms with Gasteiger partial charge in [-0.2, -0.15) is 5.10 Å². The number of aromatic nitrogens is 4. The van der Waals surface area contributed by atoms with E-state index in [1.165, 1.54) is 22.0 Å². The minimum atomic E-state index is 0. The van der Waals surface area contributed by atoms with Crippen LogP contribution in [-0.4, -0.2) is 51.9 Å². The molecular formula is C22H32IN7O. The topological polar surface area (TPSA) is 92.2 Å². The number of H-pyrrole nitrogens is 1. The molecule has 2 aromatic heterocycles. The maximum atomic E-state index is 5.15. The highest BCUT2D eigenvalue weighted by atomic mass is 127. The number of guanidine groups is 1. The van der Waals surface area contributed by atoms with Crippen LogP contribution in [-0.2, 0) is 30.7 Å². The molecule has 1 atom stereocenters. The van der Waals surface area contributed by atoms with Crippen LogP contribution in [0.4, 0.5) is 0 Å². The Morgan fingerprint density at radius 2 is 2.26 bits per heavy atom. The summed E-state index contributed by atoms with van der Waals surface area (Å²) in [5.41, 5.74) is 3.81. The van der Waals surface area contributed by atoms with Crippen molar-refractivity contribution in [2.75, 3.05) is 20.2 Å². The molecule has 0 spiro atoms. The van der Waals surface area contributed by atoms with E-state index in [-0.39, 0.29) is 30.0 Å². The van der Waals surface area contributed by atoms with E-state index >= 15 is 0 Å². The fourth-order valence-electron chi connectivity index (χ4n) is 4.12. The highest BCUT2D eigenvalue weighted by Gasteiger charge is 2.22. The van der Waals surface area contributed by atoms with Crippen molar-refractivity contribution in [2.45, 2.75) is 52.3 Å². The molecule has 0 fully saturated rings. The van der Waals surface area contributed by atoms with E-state index in [0.717, 1.165) is 56.5 Å². The zero-order valence-electron chi connectivity index (χ0n) is 18.4. The minimum Gasteiger partial charge on any atom is -0.377 e. The first-order valence-electron chi connectivity index (χ1n) is 10.7. The van der Waals surface area contributed by atoms with Gasteiger partial charge in [0.15, 0.2) is 11.8 Å². The normalized spacial score (nSPS) is 16.1. The van der Waals surface area contributed by atoms with Crippen LogP contribution in [0.1, 0.15) is 36.1 Å². The van der Waals surface area contributed by atoms with E-state index in [9.17, 15) is 0 Å². The number of hydrogen-bond acceptors (Lipinski definition) is 4. The van der Waals surface area contributed by atoms with Crippen molar-refractivity contribution in [3.8, 4) is 0 Å². The zero-order valence-corrected chi connectivity index (χ0v) is 20.8. The fraction of sp³-hybridized carbons (Fsp3) is 0.500. The van der Waals surface area contributed by atoms with Gasteiger partial charge in [0.2, 0.25) is 0 Å². The number of ether oxygens (including phenoxy) is 1. The molecule has 1 aromatic carbocycles. The largest absolute Gasteiger partial charge is 0.377 e. The van der Waals surface area contributed by atoms with Crippen LogP contribution in [0, 0.1) is 6.92 Å². The molecule has 0 radical (unpaired) electrons. The van der Waals surface area contributed by atoms with Gasteiger partial charge in [0.25, 0.3) is 0 Å². The van der Waals surface area contributed by atoms with Crippen LogP contribution in [0.2, 0.25) is 0 Å². The molecule has 1 aliphatic heterocycles. The third kappa shape index (κ3) is 5.57. The van der Waals surface area contributed by atoms with E-state index in [2.05, 4.69) is 63.9 Å². The molecular weight excluding hydrogens is 505 g/mol. The number of benzene rings is 1. The summed E-state index contributed by atoms with van der Waals surface area (Å²) in [6.45, 7) is 7.06. The van der Waals surface area contributed by atoms with Crippen molar-refractivity contribution in [2.24, 2.45) is 4.99 Å². The molecule has 0 bridgehead atoms. The zero-order chi connectivity index (χ0) is 20.9. The van der Waals surface area contributed by atoms with Crippen LogP contribution >= 0.6 is 24.0 Å². The van der Waals surface area contributed by atoms with Gasteiger partial charge in [0.1, 0.15) is 12.4 Å². The third-order valence-corrected chi connectivity index (χ3v) is 5.51. The maximum Gasteiger partial charge on any atom is 0.191 e. The molecule has 168 valence electrons. The highest BCUT2D eigenvalue weighted by molar-refractivity contribution is 14.0. The van der Waals surface area contributed by atoms with Gasteiger partial charge in [-0.05, 0) is 43.9 Å². The molecule has 3 heterocycles. The molecule has 3 aromatic rings. The Labute approximate surface area is 200 Å². The second-order valence-electron chi connectivity index (χ2n) is 7.76. The van der Waals surface area contributed by atoms with Crippen LogP contribution in [0.3, 0.4) is 0 Å². The molecule has 31 heavy (non-hydrogen) atoms. The number of methoxy groups -OCH3 is 1. The van der Waals surface area contributed by atoms with Crippen molar-refractivity contribution < 1.29 is 4.74 Å². The summed E-state index contributed by atoms with van der Waals surface area (Å²) in [5.74, 6) is 2.65. The first-order valence-corrected chi connectivity index (χ1v) is 10.7. The Balaban J connectivity index is 0.00000272. The second kappa shape index (κ2) is 10.9. The van der Waals surface area contributed by atoms with Gasteiger partial charge in [0, 0.05) is 49.8 Å². The molecule has 0 saturated carbocycles. The molecule has 3 N–H and O–H groups in total. The summed E-state index contributed by atoms with van der Waals surface area (Å²) >= 11 is 0. The summed E-state index contributed by atoms with van der Waals surface area (Å²) in [5, 5.41) is 12.8. The molecule has 9 heteroatoms. The Kier molecular flexibility index (Phi) is 8.30. The number of hydrogen-bond donors (Lipinski definition) is 3. The van der Waals surface area contributed by atoms with Crippen LogP contribution in [0.15, 0.2) is 29.4 Å². The number of halogens is 1. The number of aliphatic imine (C=N–C) groups is 1. The Morgan fingerprint density at radius 3 is 3.06 bits per heavy atom. The van der Waals surface area contributed by atoms with Gasteiger partial charge >= 0.3 is 0 Å². The van der Waals surface area contributed by atoms with E-state index < -0.39 is 0 Å². The summed E-state index contributed by atoms with van der Waals surface area (Å²) in [4.78, 5) is 12.7. The van der Waals surface area contributed by atoms with Crippen molar-refractivity contribution in [1.82, 2.24) is 30.4 Å². The lowest BCUT2D eigenvalue weighted by atomic mass is 10.1. The van der Waals surface area contributed by atoms with Gasteiger partial charge < -0.3 is 20.4 Å². The second-order valence-corrected chi connectivity index (χ2v) is 7.76. The van der Waals surface area contributed by atoms with Crippen molar-refractivity contribution in [3.05, 3.63) is 47.2 Å². The van der Waals surface area contributed by atoms with Gasteiger partial charge in [-0.25, -0.2) is 9.67 Å². The van der Waals surface area contributed by atoms with Crippen LogP contribution < -0.4 is 10.6 Å². The molecule has 0 amide bonds. The number of fused-ring (bicyclic) bond motifs is 2. The number of aryl methyl sites for hydroxylation is 2. The maximum absolute atomic E-state index is 5.15. The summed E-state index contributed by atoms with van der Waals surface area (Å²) < 4.78 is 7.15. The molecule has 8 nitrogen and oxygen atoms in total. The Bertz CT molecular complexity index is 1030. The predicted molar refractivity (Wildman–Crippen MR) is 134 cm³/mol. The average Bonchev–Trinajstić information content (AvgIpc) is 3.32. The summed E-state index contributed by atoms with van der Waals surface area (Å²) in [6, 6.07) is 6.66. The first kappa shape index (κ1) is 23.5. The lowest BCUT2D eigenvalue weighted by Gasteiger charge is -2.25. The number of nitrogens with one attached hydrogen (secondary N) is 3. The minimum absolute atomic E-state index is 0. The van der Waals surface area contributed by atoms with E-state index in [1.807, 2.05) is 4.68 Å². The number of nitrogens with zero attached hydrogens (tertiary/aromatic N) is 4. The first-order chi connectivity index (χ1) is 14.7. The third-order valence-electron chi connectivity index (χ3n) is 5.51. The Morgan fingerprint density at radius 1 is 1.39 bits per heavy atom. The predicted octanol–water partition coefficient (Wildman–Crippen LogP) is 2.94. The summed E-state index contributed by atoms with van der Waals surface area (Å²) in [7, 11) is 1.67. The van der Waals surface area contributed by atoms with E-state index in [0.29, 0.717) is 6.61 Å². The Hall–Kier alpha value is -2.14. The van der Waals surface area contributed by atoms with Gasteiger partial charge in [-0.3, -0.25) is 4.99 Å². The van der Waals surface area contributed by atoms with E-state index in [1.54, 1.807) is 7.11 Å². The smallest absolute Gasteiger partial charge is 0.191 e. The monoisotopic (exact) mass is 537 g/mol. The quantitative estimate of drug-likeness (QED) is 0.245. The lowest BCUT2D eigenvalue weighted by Crippen LogP contribution is -2.47. The lowest BCUT2D eigenvalue weighted by molar-refractivity contribution is 0.177. The van der Waals surface area contributed by atoms with Gasteiger partial charge in [-0.15, -0.1) is 24.0 Å². The van der Waals surface area contributed by atoms with Crippen molar-refractivity contribution in [1.29, 1.82) is 0 Å². The van der Waals surface area contributed by atoms with Gasteiger partial charge in [-0.1, -0.05) is 12.1 Å². The van der Waals surface area contributed by atoms with Crippen molar-refractivity contribution >= 4 is 40.8 Å². The van der Waals surface area contributed by atoms with Crippen molar-refractivity contribution in [3.63, 3.8) is 0 Å². The molecule has 1 unspecified atom stereocenters. The fourth-order valence-corrected chi connectivity index (χ4v) is 4.12. The highest BCUT2D eigenvalue weighted by Crippen LogP contribution is 2.22. The van der Waals surface area contributed by atoms with E-state index in [4.69, 9.17) is 9.73 Å². The van der Waals surface area contributed by atoms with Crippen LogP contribution in [0.25, 0.3) is 10.9 Å². The number of rotatable bonds is 7. The molecule has 0 saturated heterocycles. The molecule has 1 aliphatic rings. The summed E-state index contributed by atoms with van der Waals surface area (Å²) in [6.07, 6.45) is 4.93. The number of aromatic amines is 1. The standard InChI is InChI=1S/C22H31N7O.HI/c1-4-23-22(24-11-10-16-12-25-18-7-5-6-15(2)21(16)18)26-17-8-9-20-27-19(14-30-3)28-29(20)13-17;/h5-7,12,17,25H,4,8-11,13-14H2,1-3H3,(H2,23,24,26);1H. The SMILES string of the molecule is CCNC(=NCCc1c[nH]c2cccc(C)c12)NC1CCc2nc(COC)nn2C1.I. The molecule has 0 aliphatic carbocycles. The van der Waals surface area contributed by atoms with Gasteiger partial charge in [0.05, 0.1) is 6.54 Å².